The first-order valence-electron chi connectivity index (χ1n) is 14.9. The Labute approximate surface area is 225 Å². The summed E-state index contributed by atoms with van der Waals surface area (Å²) in [6, 6.07) is 0. The van der Waals surface area contributed by atoms with Crippen LogP contribution in [0.4, 0.5) is 0 Å². The first-order valence-corrected chi connectivity index (χ1v) is 14.9. The summed E-state index contributed by atoms with van der Waals surface area (Å²) in [4.78, 5) is 33.2. The zero-order valence-corrected chi connectivity index (χ0v) is 23.6. The Bertz CT molecular complexity index is 574. The van der Waals surface area contributed by atoms with Crippen molar-refractivity contribution < 1.29 is 34.2 Å². The average molecular weight is 526 g/mol. The van der Waals surface area contributed by atoms with E-state index in [0.29, 0.717) is 6.54 Å². The summed E-state index contributed by atoms with van der Waals surface area (Å²) in [7, 11) is 0. The summed E-state index contributed by atoms with van der Waals surface area (Å²) in [5, 5.41) is 29.2. The van der Waals surface area contributed by atoms with Gasteiger partial charge in [0.15, 0.2) is 0 Å². The van der Waals surface area contributed by atoms with E-state index in [4.69, 9.17) is 10.2 Å². The lowest BCUT2D eigenvalue weighted by molar-refractivity contribution is -0.927. The van der Waals surface area contributed by atoms with E-state index in [1.165, 1.54) is 89.9 Å². The van der Waals surface area contributed by atoms with Crippen molar-refractivity contribution >= 4 is 17.9 Å². The minimum Gasteiger partial charge on any atom is -0.550 e. The molecule has 7 heteroatoms. The largest absolute Gasteiger partial charge is 0.550 e. The Kier molecular flexibility index (Phi) is 23.2. The topological polar surface area (TPSA) is 115 Å². The molecule has 0 rings (SSSR count). The minimum absolute atomic E-state index is 0.0939. The number of carbonyl (C=O) groups is 3. The van der Waals surface area contributed by atoms with Crippen LogP contribution in [0.3, 0.4) is 0 Å². The van der Waals surface area contributed by atoms with E-state index in [9.17, 15) is 19.5 Å². The van der Waals surface area contributed by atoms with Crippen LogP contribution in [-0.4, -0.2) is 58.8 Å². The number of quaternary nitrogens is 1. The Balaban J connectivity index is 3.92. The SMILES string of the molecule is CCC/C=C/CCCCCCCCCCCCCCCC[N+](CCC(=O)[O-])(CCC(=O)O)CCC(=O)O. The van der Waals surface area contributed by atoms with Gasteiger partial charge in [0.05, 0.1) is 39.0 Å². The lowest BCUT2D eigenvalue weighted by Crippen LogP contribution is -2.53. The smallest absolute Gasteiger partial charge is 0.309 e. The van der Waals surface area contributed by atoms with Gasteiger partial charge in [0.2, 0.25) is 0 Å². The third-order valence-corrected chi connectivity index (χ3v) is 7.27. The fourth-order valence-electron chi connectivity index (χ4n) is 4.90. The Morgan fingerprint density at radius 3 is 1.35 bits per heavy atom. The van der Waals surface area contributed by atoms with Crippen LogP contribution in [0.25, 0.3) is 0 Å². The first kappa shape index (κ1) is 35.1. The Morgan fingerprint density at radius 1 is 0.568 bits per heavy atom. The van der Waals surface area contributed by atoms with Crippen LogP contribution < -0.4 is 5.11 Å². The fourth-order valence-corrected chi connectivity index (χ4v) is 4.90. The van der Waals surface area contributed by atoms with E-state index >= 15 is 0 Å². The summed E-state index contributed by atoms with van der Waals surface area (Å²) < 4.78 is 0.225. The van der Waals surface area contributed by atoms with Gasteiger partial charge >= 0.3 is 11.9 Å². The molecule has 0 atom stereocenters. The quantitative estimate of drug-likeness (QED) is 0.0724. The highest BCUT2D eigenvalue weighted by Gasteiger charge is 2.28. The molecule has 216 valence electrons. The number of hydrogen-bond acceptors (Lipinski definition) is 4. The monoisotopic (exact) mass is 525 g/mol. The third kappa shape index (κ3) is 24.2. The van der Waals surface area contributed by atoms with Crippen molar-refractivity contribution in [2.45, 2.75) is 135 Å². The number of rotatable bonds is 28. The molecule has 0 aliphatic carbocycles. The molecule has 2 N–H and O–H groups in total. The number of allylic oxidation sites excluding steroid dienone is 2. The molecule has 0 aromatic heterocycles. The lowest BCUT2D eigenvalue weighted by atomic mass is 10.0. The number of carboxylic acids is 3. The van der Waals surface area contributed by atoms with E-state index in [1.807, 2.05) is 0 Å². The maximum absolute atomic E-state index is 11.1. The zero-order valence-electron chi connectivity index (χ0n) is 23.6. The van der Waals surface area contributed by atoms with E-state index in [-0.39, 0.29) is 43.4 Å². The highest BCUT2D eigenvalue weighted by atomic mass is 16.4. The van der Waals surface area contributed by atoms with Crippen LogP contribution in [-0.2, 0) is 14.4 Å². The molecule has 0 spiro atoms. The van der Waals surface area contributed by atoms with Crippen molar-refractivity contribution in [1.29, 1.82) is 0 Å². The molecular formula is C30H55NO6. The van der Waals surface area contributed by atoms with Gasteiger partial charge in [0, 0.05) is 12.4 Å². The number of aliphatic carboxylic acids is 3. The average Bonchev–Trinajstić information content (AvgIpc) is 2.85. The summed E-state index contributed by atoms with van der Waals surface area (Å²) in [6.45, 7) is 3.56. The molecule has 0 aliphatic heterocycles. The molecule has 0 aliphatic rings. The highest BCUT2D eigenvalue weighted by Crippen LogP contribution is 2.17. The molecule has 0 saturated heterocycles. The van der Waals surface area contributed by atoms with Gasteiger partial charge < -0.3 is 24.6 Å². The molecule has 0 radical (unpaired) electrons. The van der Waals surface area contributed by atoms with E-state index in [2.05, 4.69) is 19.1 Å². The van der Waals surface area contributed by atoms with E-state index < -0.39 is 17.9 Å². The molecule has 7 nitrogen and oxygen atoms in total. The number of unbranched alkanes of at least 4 members (excludes halogenated alkanes) is 15. The van der Waals surface area contributed by atoms with Gasteiger partial charge in [-0.3, -0.25) is 9.59 Å². The molecule has 0 unspecified atom stereocenters. The second-order valence-corrected chi connectivity index (χ2v) is 10.6. The van der Waals surface area contributed by atoms with Crippen molar-refractivity contribution in [3.8, 4) is 0 Å². The molecule has 37 heavy (non-hydrogen) atoms. The highest BCUT2D eigenvalue weighted by molar-refractivity contribution is 5.67. The van der Waals surface area contributed by atoms with Crippen molar-refractivity contribution in [2.75, 3.05) is 26.2 Å². The van der Waals surface area contributed by atoms with Crippen LogP contribution in [0, 0.1) is 0 Å². The normalized spacial score (nSPS) is 11.8. The number of carboxylic acid groups (broad SMARTS) is 3. The van der Waals surface area contributed by atoms with Crippen molar-refractivity contribution in [1.82, 2.24) is 0 Å². The predicted molar refractivity (Wildman–Crippen MR) is 147 cm³/mol. The second kappa shape index (κ2) is 24.4. The van der Waals surface area contributed by atoms with Gasteiger partial charge in [-0.15, -0.1) is 0 Å². The molecule has 0 saturated carbocycles. The van der Waals surface area contributed by atoms with Gasteiger partial charge in [-0.2, -0.15) is 0 Å². The Morgan fingerprint density at radius 2 is 0.946 bits per heavy atom. The van der Waals surface area contributed by atoms with Crippen LogP contribution >= 0.6 is 0 Å². The third-order valence-electron chi connectivity index (χ3n) is 7.27. The molecule has 0 heterocycles. The molecule has 0 amide bonds. The van der Waals surface area contributed by atoms with Crippen LogP contribution in [0.1, 0.15) is 135 Å². The molecule has 0 aromatic carbocycles. The van der Waals surface area contributed by atoms with Gasteiger partial charge in [-0.05, 0) is 32.1 Å². The maximum Gasteiger partial charge on any atom is 0.309 e. The first-order chi connectivity index (χ1) is 17.8. The van der Waals surface area contributed by atoms with Crippen molar-refractivity contribution in [3.63, 3.8) is 0 Å². The van der Waals surface area contributed by atoms with Crippen LogP contribution in [0.2, 0.25) is 0 Å². The van der Waals surface area contributed by atoms with Crippen molar-refractivity contribution in [3.05, 3.63) is 12.2 Å². The molecule has 0 fully saturated rings. The minimum atomic E-state index is -1.18. The predicted octanol–water partition coefficient (Wildman–Crippen LogP) is 6.10. The summed E-state index contributed by atoms with van der Waals surface area (Å²) in [5.74, 6) is -3.08. The van der Waals surface area contributed by atoms with Crippen LogP contribution in [0.5, 0.6) is 0 Å². The summed E-state index contributed by atoms with van der Waals surface area (Å²) in [5.41, 5.74) is 0. The van der Waals surface area contributed by atoms with Gasteiger partial charge in [-0.1, -0.05) is 96.1 Å². The fraction of sp³-hybridized carbons (Fsp3) is 0.833. The molecule has 0 bridgehead atoms. The lowest BCUT2D eigenvalue weighted by Gasteiger charge is -2.38. The number of carbonyl (C=O) groups excluding carboxylic acids is 1. The standard InChI is InChI=1S/C30H55NO6/c1-2-3-4-5-6-7-8-9-10-11-12-13-14-15-16-17-18-19-20-24-31(25-21-28(32)33,26-22-29(34)35)27-23-30(36)37/h4-5H,2-3,6-27H2,1H3,(H2-,32,33,34,35,36,37)/b5-4+. The van der Waals surface area contributed by atoms with Gasteiger partial charge in [0.25, 0.3) is 0 Å². The summed E-state index contributed by atoms with van der Waals surface area (Å²) >= 11 is 0. The molecular weight excluding hydrogens is 470 g/mol. The zero-order chi connectivity index (χ0) is 27.6. The Hall–Kier alpha value is -1.89. The van der Waals surface area contributed by atoms with Crippen LogP contribution in [0.15, 0.2) is 12.2 Å². The second-order valence-electron chi connectivity index (χ2n) is 10.6. The number of hydrogen-bond donors (Lipinski definition) is 2. The van der Waals surface area contributed by atoms with Gasteiger partial charge in [0.1, 0.15) is 0 Å². The number of nitrogens with zero attached hydrogens (tertiary/aromatic N) is 1. The van der Waals surface area contributed by atoms with E-state index in [1.54, 1.807) is 0 Å². The molecule has 0 aromatic rings. The summed E-state index contributed by atoms with van der Waals surface area (Å²) in [6.07, 6.45) is 25.3. The van der Waals surface area contributed by atoms with E-state index in [0.717, 1.165) is 19.3 Å². The van der Waals surface area contributed by atoms with Gasteiger partial charge in [-0.25, -0.2) is 0 Å². The maximum atomic E-state index is 11.1. The van der Waals surface area contributed by atoms with Crippen molar-refractivity contribution in [2.24, 2.45) is 0 Å².